The van der Waals surface area contributed by atoms with Crippen LogP contribution in [-0.4, -0.2) is 53.0 Å². The zero-order valence-corrected chi connectivity index (χ0v) is 13.3. The van der Waals surface area contributed by atoms with Gasteiger partial charge in [0.25, 0.3) is 5.91 Å². The molecule has 0 radical (unpaired) electrons. The maximum atomic E-state index is 13.2. The molecule has 0 spiro atoms. The van der Waals surface area contributed by atoms with E-state index >= 15 is 0 Å². The van der Waals surface area contributed by atoms with Crippen LogP contribution in [-0.2, 0) is 6.54 Å². The van der Waals surface area contributed by atoms with Gasteiger partial charge in [-0.05, 0) is 30.4 Å². The van der Waals surface area contributed by atoms with Crippen LogP contribution in [0, 0.1) is 11.8 Å². The van der Waals surface area contributed by atoms with Gasteiger partial charge in [-0.2, -0.15) is 0 Å². The van der Waals surface area contributed by atoms with E-state index in [0.717, 1.165) is 37.2 Å². The van der Waals surface area contributed by atoms with Gasteiger partial charge in [0.2, 0.25) is 0 Å². The largest absolute Gasteiger partial charge is 0.334 e. The summed E-state index contributed by atoms with van der Waals surface area (Å²) < 4.78 is 13.2. The minimum absolute atomic E-state index is 0.148. The van der Waals surface area contributed by atoms with E-state index < -0.39 is 6.17 Å². The zero-order chi connectivity index (χ0) is 15.7. The molecule has 1 aromatic heterocycles. The van der Waals surface area contributed by atoms with Gasteiger partial charge in [0.05, 0.1) is 12.2 Å². The summed E-state index contributed by atoms with van der Waals surface area (Å²) in [6.07, 6.45) is -0.448. The molecule has 22 heavy (non-hydrogen) atoms. The third-order valence-corrected chi connectivity index (χ3v) is 4.76. The summed E-state index contributed by atoms with van der Waals surface area (Å²) in [5.74, 6) is 1.35. The molecule has 0 bridgehead atoms. The second-order valence-electron chi connectivity index (χ2n) is 6.85. The number of alkyl halides is 1. The normalized spacial score (nSPS) is 23.1. The van der Waals surface area contributed by atoms with Crippen LogP contribution in [0.25, 0.3) is 0 Å². The van der Waals surface area contributed by atoms with Gasteiger partial charge in [0.15, 0.2) is 0 Å². The smallest absolute Gasteiger partial charge is 0.272 e. The van der Waals surface area contributed by atoms with Crippen LogP contribution in [0.2, 0.25) is 0 Å². The summed E-state index contributed by atoms with van der Waals surface area (Å²) in [6, 6.07) is 5.56. The Morgan fingerprint density at radius 3 is 2.77 bits per heavy atom. The third-order valence-electron chi connectivity index (χ3n) is 4.76. The number of carbonyl (C=O) groups is 1. The molecule has 1 aromatic rings. The number of likely N-dealkylation sites (tertiary alicyclic amines) is 2. The molecule has 1 unspecified atom stereocenters. The fraction of sp³-hybridized carbons (Fsp3) is 0.647. The van der Waals surface area contributed by atoms with Crippen LogP contribution in [0.3, 0.4) is 0 Å². The molecule has 1 atom stereocenters. The van der Waals surface area contributed by atoms with E-state index in [0.29, 0.717) is 18.7 Å². The number of pyridine rings is 1. The van der Waals surface area contributed by atoms with E-state index in [1.807, 2.05) is 12.1 Å². The van der Waals surface area contributed by atoms with Gasteiger partial charge in [0.1, 0.15) is 11.9 Å². The molecule has 4 nitrogen and oxygen atoms in total. The van der Waals surface area contributed by atoms with Gasteiger partial charge in [-0.3, -0.25) is 9.69 Å². The van der Waals surface area contributed by atoms with E-state index in [1.165, 1.54) is 0 Å². The standard InChI is InChI=1S/C17H24FN3O/c1-12(2)13-8-20(9-13)11-15-4-3-5-16(19-15)17(22)21-7-6-14(18)10-21/h3-5,12-14H,6-11H2,1-2H3. The Bertz CT molecular complexity index is 542. The average Bonchev–Trinajstić information content (AvgIpc) is 2.88. The Hall–Kier alpha value is -1.49. The summed E-state index contributed by atoms with van der Waals surface area (Å²) in [5, 5.41) is 0. The molecule has 1 amide bonds. The lowest BCUT2D eigenvalue weighted by atomic mass is 9.88. The highest BCUT2D eigenvalue weighted by Gasteiger charge is 2.30. The molecular formula is C17H24FN3O. The van der Waals surface area contributed by atoms with Gasteiger partial charge < -0.3 is 4.90 Å². The quantitative estimate of drug-likeness (QED) is 0.857. The van der Waals surface area contributed by atoms with Crippen molar-refractivity contribution in [3.8, 4) is 0 Å². The number of nitrogens with zero attached hydrogens (tertiary/aromatic N) is 3. The van der Waals surface area contributed by atoms with E-state index in [2.05, 4.69) is 23.7 Å². The predicted molar refractivity (Wildman–Crippen MR) is 83.3 cm³/mol. The predicted octanol–water partition coefficient (Wildman–Crippen LogP) is 2.35. The van der Waals surface area contributed by atoms with Crippen LogP contribution in [0.5, 0.6) is 0 Å². The van der Waals surface area contributed by atoms with Crippen molar-refractivity contribution in [1.82, 2.24) is 14.8 Å². The second kappa shape index (κ2) is 6.32. The molecule has 0 N–H and O–H groups in total. The minimum atomic E-state index is -0.888. The van der Waals surface area contributed by atoms with E-state index in [1.54, 1.807) is 11.0 Å². The number of hydrogen-bond acceptors (Lipinski definition) is 3. The van der Waals surface area contributed by atoms with Gasteiger partial charge in [-0.15, -0.1) is 0 Å². The Balaban J connectivity index is 1.60. The Kier molecular flexibility index (Phi) is 4.43. The summed E-state index contributed by atoms with van der Waals surface area (Å²) in [5.41, 5.74) is 1.36. The number of rotatable bonds is 4. The molecule has 2 aliphatic rings. The van der Waals surface area contributed by atoms with Gasteiger partial charge in [-0.1, -0.05) is 19.9 Å². The van der Waals surface area contributed by atoms with Gasteiger partial charge in [-0.25, -0.2) is 9.37 Å². The fourth-order valence-corrected chi connectivity index (χ4v) is 3.14. The van der Waals surface area contributed by atoms with Crippen molar-refractivity contribution in [3.05, 3.63) is 29.6 Å². The number of halogens is 1. The topological polar surface area (TPSA) is 36.4 Å². The van der Waals surface area contributed by atoms with Crippen LogP contribution in [0.1, 0.15) is 36.5 Å². The van der Waals surface area contributed by atoms with E-state index in [-0.39, 0.29) is 12.5 Å². The molecular weight excluding hydrogens is 281 g/mol. The lowest BCUT2D eigenvalue weighted by molar-refractivity contribution is 0.0600. The summed E-state index contributed by atoms with van der Waals surface area (Å²) in [6.45, 7) is 8.21. The third kappa shape index (κ3) is 3.29. The number of hydrogen-bond donors (Lipinski definition) is 0. The fourth-order valence-electron chi connectivity index (χ4n) is 3.14. The summed E-state index contributed by atoms with van der Waals surface area (Å²) >= 11 is 0. The summed E-state index contributed by atoms with van der Waals surface area (Å²) in [7, 11) is 0. The molecule has 5 heteroatoms. The Labute approximate surface area is 131 Å². The zero-order valence-electron chi connectivity index (χ0n) is 13.3. The first-order valence-corrected chi connectivity index (χ1v) is 8.14. The molecule has 2 fully saturated rings. The van der Waals surface area contributed by atoms with Crippen molar-refractivity contribution in [2.75, 3.05) is 26.2 Å². The first-order chi connectivity index (χ1) is 10.5. The molecule has 3 heterocycles. The molecule has 2 aliphatic heterocycles. The monoisotopic (exact) mass is 305 g/mol. The van der Waals surface area contributed by atoms with E-state index in [4.69, 9.17) is 0 Å². The Morgan fingerprint density at radius 2 is 2.14 bits per heavy atom. The molecule has 2 saturated heterocycles. The van der Waals surface area contributed by atoms with Gasteiger partial charge in [0, 0.05) is 26.2 Å². The Morgan fingerprint density at radius 1 is 1.36 bits per heavy atom. The lowest BCUT2D eigenvalue weighted by Crippen LogP contribution is -2.48. The highest BCUT2D eigenvalue weighted by atomic mass is 19.1. The minimum Gasteiger partial charge on any atom is -0.334 e. The molecule has 0 saturated carbocycles. The van der Waals surface area contributed by atoms with Crippen molar-refractivity contribution in [2.24, 2.45) is 11.8 Å². The van der Waals surface area contributed by atoms with Crippen molar-refractivity contribution in [3.63, 3.8) is 0 Å². The van der Waals surface area contributed by atoms with Gasteiger partial charge >= 0.3 is 0 Å². The van der Waals surface area contributed by atoms with Crippen molar-refractivity contribution in [2.45, 2.75) is 33.0 Å². The summed E-state index contributed by atoms with van der Waals surface area (Å²) in [4.78, 5) is 20.7. The van der Waals surface area contributed by atoms with Crippen molar-refractivity contribution in [1.29, 1.82) is 0 Å². The maximum Gasteiger partial charge on any atom is 0.272 e. The molecule has 0 aromatic carbocycles. The maximum absolute atomic E-state index is 13.2. The number of amides is 1. The number of aromatic nitrogens is 1. The van der Waals surface area contributed by atoms with Crippen LogP contribution >= 0.6 is 0 Å². The van der Waals surface area contributed by atoms with Crippen LogP contribution < -0.4 is 0 Å². The molecule has 120 valence electrons. The van der Waals surface area contributed by atoms with Crippen LogP contribution in [0.4, 0.5) is 4.39 Å². The average molecular weight is 305 g/mol. The highest BCUT2D eigenvalue weighted by Crippen LogP contribution is 2.24. The first kappa shape index (κ1) is 15.4. The molecule has 3 rings (SSSR count). The highest BCUT2D eigenvalue weighted by molar-refractivity contribution is 5.92. The number of carbonyl (C=O) groups excluding carboxylic acids is 1. The lowest BCUT2D eigenvalue weighted by Gasteiger charge is -2.41. The first-order valence-electron chi connectivity index (χ1n) is 8.14. The SMILES string of the molecule is CC(C)C1CN(Cc2cccc(C(=O)N3CCC(F)C3)n2)C1. The molecule has 0 aliphatic carbocycles. The van der Waals surface area contributed by atoms with E-state index in [9.17, 15) is 9.18 Å². The van der Waals surface area contributed by atoms with Crippen LogP contribution in [0.15, 0.2) is 18.2 Å². The second-order valence-corrected chi connectivity index (χ2v) is 6.85. The van der Waals surface area contributed by atoms with Crippen molar-refractivity contribution < 1.29 is 9.18 Å². The van der Waals surface area contributed by atoms with Crippen molar-refractivity contribution >= 4 is 5.91 Å².